The van der Waals surface area contributed by atoms with E-state index in [9.17, 15) is 18.0 Å². The van der Waals surface area contributed by atoms with Gasteiger partial charge in [0.05, 0.1) is 16.2 Å². The first-order valence-electron chi connectivity index (χ1n) is 9.26. The highest BCUT2D eigenvalue weighted by Crippen LogP contribution is 2.20. The molecule has 0 spiro atoms. The first-order chi connectivity index (χ1) is 13.2. The van der Waals surface area contributed by atoms with Crippen molar-refractivity contribution >= 4 is 33.0 Å². The summed E-state index contributed by atoms with van der Waals surface area (Å²) in [4.78, 5) is 24.5. The van der Waals surface area contributed by atoms with Crippen LogP contribution in [0.4, 0.5) is 11.4 Å². The van der Waals surface area contributed by atoms with Crippen molar-refractivity contribution in [2.75, 3.05) is 16.4 Å². The molecule has 2 aromatic rings. The number of sulfone groups is 1. The van der Waals surface area contributed by atoms with Crippen molar-refractivity contribution in [3.05, 3.63) is 54.1 Å². The number of rotatable bonds is 8. The lowest BCUT2D eigenvalue weighted by Crippen LogP contribution is -2.18. The zero-order valence-electron chi connectivity index (χ0n) is 16.4. The van der Waals surface area contributed by atoms with E-state index in [1.807, 2.05) is 13.8 Å². The Morgan fingerprint density at radius 2 is 1.50 bits per heavy atom. The average molecular weight is 403 g/mol. The molecule has 28 heavy (non-hydrogen) atoms. The summed E-state index contributed by atoms with van der Waals surface area (Å²) < 4.78 is 24.8. The maximum atomic E-state index is 12.6. The highest BCUT2D eigenvalue weighted by molar-refractivity contribution is 7.91. The van der Waals surface area contributed by atoms with Gasteiger partial charge >= 0.3 is 0 Å². The second-order valence-corrected chi connectivity index (χ2v) is 9.07. The van der Waals surface area contributed by atoms with Gasteiger partial charge in [-0.2, -0.15) is 0 Å². The van der Waals surface area contributed by atoms with Gasteiger partial charge in [0.15, 0.2) is 9.84 Å². The topological polar surface area (TPSA) is 92.3 Å². The Morgan fingerprint density at radius 3 is 2.07 bits per heavy atom. The predicted octanol–water partition coefficient (Wildman–Crippen LogP) is 4.11. The molecule has 0 atom stereocenters. The van der Waals surface area contributed by atoms with Crippen molar-refractivity contribution in [3.63, 3.8) is 0 Å². The van der Waals surface area contributed by atoms with Crippen LogP contribution in [0.2, 0.25) is 0 Å². The summed E-state index contributed by atoms with van der Waals surface area (Å²) in [6, 6.07) is 12.9. The van der Waals surface area contributed by atoms with E-state index in [0.717, 1.165) is 0 Å². The van der Waals surface area contributed by atoms with E-state index in [2.05, 4.69) is 10.6 Å². The number of carbonyl (C=O) groups is 2. The zero-order chi connectivity index (χ0) is 20.7. The SMILES string of the molecule is CCCS(=O)(=O)c1ccccc1C(=O)Nc1ccc(NC(=O)CC(C)C)cc1. The number of carbonyl (C=O) groups excluding carboxylic acids is 2. The predicted molar refractivity (Wildman–Crippen MR) is 111 cm³/mol. The Balaban J connectivity index is 2.13. The second kappa shape index (κ2) is 9.50. The molecule has 0 aliphatic carbocycles. The largest absolute Gasteiger partial charge is 0.326 e. The molecule has 0 saturated carbocycles. The molecule has 2 rings (SSSR count). The van der Waals surface area contributed by atoms with Crippen LogP contribution in [0, 0.1) is 5.92 Å². The number of anilines is 2. The van der Waals surface area contributed by atoms with Crippen LogP contribution in [0.15, 0.2) is 53.4 Å². The maximum Gasteiger partial charge on any atom is 0.256 e. The van der Waals surface area contributed by atoms with E-state index in [1.54, 1.807) is 43.3 Å². The molecule has 6 nitrogen and oxygen atoms in total. The fraction of sp³-hybridized carbons (Fsp3) is 0.333. The van der Waals surface area contributed by atoms with Gasteiger partial charge in [0.1, 0.15) is 0 Å². The number of nitrogens with one attached hydrogen (secondary N) is 2. The van der Waals surface area contributed by atoms with Gasteiger partial charge < -0.3 is 10.6 Å². The highest BCUT2D eigenvalue weighted by Gasteiger charge is 2.21. The molecule has 150 valence electrons. The number of hydrogen-bond acceptors (Lipinski definition) is 4. The Hall–Kier alpha value is -2.67. The molecule has 2 aromatic carbocycles. The van der Waals surface area contributed by atoms with Crippen molar-refractivity contribution in [3.8, 4) is 0 Å². The lowest BCUT2D eigenvalue weighted by atomic mass is 10.1. The summed E-state index contributed by atoms with van der Waals surface area (Å²) in [6.45, 7) is 5.72. The first-order valence-corrected chi connectivity index (χ1v) is 10.9. The minimum atomic E-state index is -3.52. The Morgan fingerprint density at radius 1 is 0.929 bits per heavy atom. The molecule has 2 N–H and O–H groups in total. The van der Waals surface area contributed by atoms with E-state index in [-0.39, 0.29) is 28.0 Å². The van der Waals surface area contributed by atoms with Crippen LogP contribution in [0.1, 0.15) is 44.0 Å². The molecule has 0 unspecified atom stereocenters. The minimum Gasteiger partial charge on any atom is -0.326 e. The third kappa shape index (κ3) is 5.92. The third-order valence-corrected chi connectivity index (χ3v) is 5.93. The standard InChI is InChI=1S/C21H26N2O4S/c1-4-13-28(26,27)19-8-6-5-7-18(19)21(25)23-17-11-9-16(10-12-17)22-20(24)14-15(2)3/h5-12,15H,4,13-14H2,1-3H3,(H,22,24)(H,23,25). The molecule has 0 aliphatic heterocycles. The van der Waals surface area contributed by atoms with Crippen LogP contribution in [0.25, 0.3) is 0 Å². The van der Waals surface area contributed by atoms with Crippen LogP contribution in [0.5, 0.6) is 0 Å². The van der Waals surface area contributed by atoms with Gasteiger partial charge in [0.2, 0.25) is 5.91 Å². The van der Waals surface area contributed by atoms with Gasteiger partial charge in [-0.05, 0) is 48.7 Å². The van der Waals surface area contributed by atoms with Crippen LogP contribution in [-0.4, -0.2) is 26.0 Å². The molecule has 0 aromatic heterocycles. The van der Waals surface area contributed by atoms with E-state index < -0.39 is 15.7 Å². The van der Waals surface area contributed by atoms with Crippen LogP contribution in [-0.2, 0) is 14.6 Å². The second-order valence-electron chi connectivity index (χ2n) is 6.99. The van der Waals surface area contributed by atoms with Crippen LogP contribution < -0.4 is 10.6 Å². The van der Waals surface area contributed by atoms with Gasteiger partial charge in [-0.15, -0.1) is 0 Å². The molecule has 0 radical (unpaired) electrons. The third-order valence-electron chi connectivity index (χ3n) is 3.96. The van der Waals surface area contributed by atoms with Gasteiger partial charge in [-0.25, -0.2) is 8.42 Å². The lowest BCUT2D eigenvalue weighted by Gasteiger charge is -2.11. The summed E-state index contributed by atoms with van der Waals surface area (Å²) in [5.41, 5.74) is 1.26. The molecular weight excluding hydrogens is 376 g/mol. The zero-order valence-corrected chi connectivity index (χ0v) is 17.2. The summed E-state index contributed by atoms with van der Waals surface area (Å²) in [5.74, 6) is -0.307. The van der Waals surface area contributed by atoms with Gasteiger partial charge in [0.25, 0.3) is 5.91 Å². The Kier molecular flexibility index (Phi) is 7.34. The maximum absolute atomic E-state index is 12.6. The van der Waals surface area contributed by atoms with E-state index in [4.69, 9.17) is 0 Å². The molecule has 0 fully saturated rings. The lowest BCUT2D eigenvalue weighted by molar-refractivity contribution is -0.116. The van der Waals surface area contributed by atoms with Crippen molar-refractivity contribution in [1.82, 2.24) is 0 Å². The summed E-state index contributed by atoms with van der Waals surface area (Å²) in [6.07, 6.45) is 0.907. The number of benzene rings is 2. The van der Waals surface area contributed by atoms with Crippen molar-refractivity contribution in [1.29, 1.82) is 0 Å². The highest BCUT2D eigenvalue weighted by atomic mass is 32.2. The van der Waals surface area contributed by atoms with Gasteiger partial charge in [-0.3, -0.25) is 9.59 Å². The molecule has 0 heterocycles. The van der Waals surface area contributed by atoms with Gasteiger partial charge in [-0.1, -0.05) is 32.9 Å². The number of amides is 2. The van der Waals surface area contributed by atoms with Gasteiger partial charge in [0, 0.05) is 17.8 Å². The van der Waals surface area contributed by atoms with Crippen molar-refractivity contribution in [2.45, 2.75) is 38.5 Å². The summed E-state index contributed by atoms with van der Waals surface area (Å²) in [7, 11) is -3.52. The quantitative estimate of drug-likeness (QED) is 0.695. The van der Waals surface area contributed by atoms with Crippen molar-refractivity contribution in [2.24, 2.45) is 5.92 Å². The first kappa shape index (κ1) is 21.6. The molecular formula is C21H26N2O4S. The smallest absolute Gasteiger partial charge is 0.256 e. The van der Waals surface area contributed by atoms with E-state index in [1.165, 1.54) is 12.1 Å². The monoisotopic (exact) mass is 402 g/mol. The van der Waals surface area contributed by atoms with Crippen LogP contribution >= 0.6 is 0 Å². The number of hydrogen-bond donors (Lipinski definition) is 2. The molecule has 0 bridgehead atoms. The summed E-state index contributed by atoms with van der Waals surface area (Å²) >= 11 is 0. The Bertz CT molecular complexity index is 935. The molecule has 7 heteroatoms. The molecule has 2 amide bonds. The molecule has 0 saturated heterocycles. The van der Waals surface area contributed by atoms with Crippen molar-refractivity contribution < 1.29 is 18.0 Å². The average Bonchev–Trinajstić information content (AvgIpc) is 2.62. The molecule has 0 aliphatic rings. The van der Waals surface area contributed by atoms with E-state index in [0.29, 0.717) is 24.2 Å². The Labute approximate surface area is 166 Å². The fourth-order valence-electron chi connectivity index (χ4n) is 2.72. The normalized spacial score (nSPS) is 11.3. The van der Waals surface area contributed by atoms with E-state index >= 15 is 0 Å². The minimum absolute atomic E-state index is 0.0118. The summed E-state index contributed by atoms with van der Waals surface area (Å²) in [5, 5.41) is 5.51. The van der Waals surface area contributed by atoms with Crippen LogP contribution in [0.3, 0.4) is 0 Å². The fourth-order valence-corrected chi connectivity index (χ4v) is 4.26.